The summed E-state index contributed by atoms with van der Waals surface area (Å²) in [4.78, 5) is 11.5. The summed E-state index contributed by atoms with van der Waals surface area (Å²) < 4.78 is 16.8. The molecule has 0 rings (SSSR count). The lowest BCUT2D eigenvalue weighted by atomic mass is 10.5. The first-order valence-electron chi connectivity index (χ1n) is 6.84. The standard InChI is InChI=1S/C12H24O4Si.C2H3Si/c1-6-10-11(13)16-12(7-2)17(5,14-8-3)15-9-4;1-2-3/h6,10,12H,7-9H2,1-5H3;2H,1H2/b10-6+;. The first-order chi connectivity index (χ1) is 9.45. The Labute approximate surface area is 127 Å². The molecule has 115 valence electrons. The summed E-state index contributed by atoms with van der Waals surface area (Å²) in [6, 6.07) is 0. The monoisotopic (exact) mass is 315 g/mol. The van der Waals surface area contributed by atoms with Gasteiger partial charge < -0.3 is 13.6 Å². The molecule has 1 atom stereocenters. The lowest BCUT2D eigenvalue weighted by Gasteiger charge is -2.32. The van der Waals surface area contributed by atoms with Crippen molar-refractivity contribution in [2.45, 2.75) is 46.4 Å². The topological polar surface area (TPSA) is 44.8 Å². The Morgan fingerprint density at radius 1 is 1.30 bits per heavy atom. The highest BCUT2D eigenvalue weighted by Crippen LogP contribution is 2.19. The number of esters is 1. The van der Waals surface area contributed by atoms with Crippen molar-refractivity contribution < 1.29 is 18.4 Å². The predicted molar refractivity (Wildman–Crippen MR) is 85.8 cm³/mol. The molecule has 0 heterocycles. The van der Waals surface area contributed by atoms with E-state index in [1.165, 1.54) is 6.08 Å². The zero-order valence-electron chi connectivity index (χ0n) is 13.3. The smallest absolute Gasteiger partial charge is 0.377 e. The van der Waals surface area contributed by atoms with Crippen LogP contribution in [0.15, 0.2) is 24.4 Å². The molecule has 6 heteroatoms. The summed E-state index contributed by atoms with van der Waals surface area (Å²) in [6.07, 6.45) is 3.77. The van der Waals surface area contributed by atoms with Gasteiger partial charge in [0.1, 0.15) is 5.73 Å². The van der Waals surface area contributed by atoms with Crippen molar-refractivity contribution in [1.29, 1.82) is 0 Å². The van der Waals surface area contributed by atoms with Gasteiger partial charge in [-0.1, -0.05) is 13.0 Å². The zero-order chi connectivity index (χ0) is 16.0. The molecule has 0 bridgehead atoms. The zero-order valence-corrected chi connectivity index (χ0v) is 15.3. The highest BCUT2D eigenvalue weighted by atomic mass is 28.4. The second kappa shape index (κ2) is 13.3. The largest absolute Gasteiger partial charge is 0.457 e. The van der Waals surface area contributed by atoms with Crippen LogP contribution in [0.4, 0.5) is 0 Å². The quantitative estimate of drug-likeness (QED) is 0.392. The van der Waals surface area contributed by atoms with Gasteiger partial charge in [-0.15, -0.1) is 12.3 Å². The van der Waals surface area contributed by atoms with Crippen molar-refractivity contribution >= 4 is 24.8 Å². The van der Waals surface area contributed by atoms with E-state index in [2.05, 4.69) is 16.8 Å². The average Bonchev–Trinajstić information content (AvgIpc) is 2.37. The van der Waals surface area contributed by atoms with E-state index in [1.54, 1.807) is 18.7 Å². The Hall–Kier alpha value is -0.696. The maximum Gasteiger partial charge on any atom is 0.377 e. The number of hydrogen-bond acceptors (Lipinski definition) is 4. The second-order valence-electron chi connectivity index (χ2n) is 3.92. The van der Waals surface area contributed by atoms with Crippen LogP contribution in [0.5, 0.6) is 0 Å². The lowest BCUT2D eigenvalue weighted by molar-refractivity contribution is -0.141. The molecule has 3 radical (unpaired) electrons. The van der Waals surface area contributed by atoms with Gasteiger partial charge in [0.25, 0.3) is 0 Å². The number of carbonyl (C=O) groups excluding carboxylic acids is 1. The molecule has 0 aromatic rings. The van der Waals surface area contributed by atoms with E-state index in [4.69, 9.17) is 13.6 Å². The molecule has 0 saturated carbocycles. The Morgan fingerprint density at radius 2 is 1.75 bits per heavy atom. The van der Waals surface area contributed by atoms with Crippen LogP contribution in [-0.2, 0) is 18.4 Å². The first kappa shape index (κ1) is 21.6. The molecule has 0 N–H and O–H groups in total. The van der Waals surface area contributed by atoms with Crippen molar-refractivity contribution in [2.75, 3.05) is 13.2 Å². The SMILES string of the molecule is C/C=C/C(=O)OC(CC)[Si](C)(OCC)OCC.C=C[Si]. The van der Waals surface area contributed by atoms with Gasteiger partial charge in [-0.05, 0) is 33.7 Å². The van der Waals surface area contributed by atoms with Crippen LogP contribution in [0.2, 0.25) is 6.55 Å². The Morgan fingerprint density at radius 3 is 2.05 bits per heavy atom. The van der Waals surface area contributed by atoms with E-state index in [0.29, 0.717) is 19.6 Å². The van der Waals surface area contributed by atoms with E-state index in [1.807, 2.05) is 27.3 Å². The molecule has 20 heavy (non-hydrogen) atoms. The summed E-state index contributed by atoms with van der Waals surface area (Å²) in [6.45, 7) is 13.9. The molecule has 0 aliphatic carbocycles. The van der Waals surface area contributed by atoms with Crippen LogP contribution < -0.4 is 0 Å². The Bertz CT molecular complexity index is 287. The summed E-state index contributed by atoms with van der Waals surface area (Å²) in [5, 5.41) is 0. The summed E-state index contributed by atoms with van der Waals surface area (Å²) in [7, 11) is 0.500. The highest BCUT2D eigenvalue weighted by molar-refractivity contribution is 6.67. The van der Waals surface area contributed by atoms with Gasteiger partial charge >= 0.3 is 14.5 Å². The maximum absolute atomic E-state index is 11.5. The second-order valence-corrected chi connectivity index (χ2v) is 7.58. The molecule has 0 amide bonds. The fourth-order valence-electron chi connectivity index (χ4n) is 1.68. The molecule has 0 fully saturated rings. The van der Waals surface area contributed by atoms with E-state index < -0.39 is 8.56 Å². The van der Waals surface area contributed by atoms with Gasteiger partial charge in [-0.3, -0.25) is 0 Å². The number of ether oxygens (including phenoxy) is 1. The van der Waals surface area contributed by atoms with Gasteiger partial charge in [0.2, 0.25) is 0 Å². The molecule has 4 nitrogen and oxygen atoms in total. The van der Waals surface area contributed by atoms with E-state index >= 15 is 0 Å². The fourth-order valence-corrected chi connectivity index (χ4v) is 4.35. The summed E-state index contributed by atoms with van der Waals surface area (Å²) in [5.41, 5.74) is 1.28. The highest BCUT2D eigenvalue weighted by Gasteiger charge is 2.42. The third kappa shape index (κ3) is 9.25. The van der Waals surface area contributed by atoms with Crippen molar-refractivity contribution in [3.8, 4) is 0 Å². The molecule has 0 spiro atoms. The summed E-state index contributed by atoms with van der Waals surface area (Å²) in [5.74, 6) is -0.336. The van der Waals surface area contributed by atoms with Gasteiger partial charge in [0.05, 0.1) is 10.2 Å². The first-order valence-corrected chi connectivity index (χ1v) is 9.82. The number of hydrogen-bond donors (Lipinski definition) is 0. The van der Waals surface area contributed by atoms with E-state index in [-0.39, 0.29) is 11.7 Å². The fraction of sp³-hybridized carbons (Fsp3) is 0.643. The molecule has 0 saturated heterocycles. The van der Waals surface area contributed by atoms with Gasteiger partial charge in [0, 0.05) is 19.3 Å². The van der Waals surface area contributed by atoms with Crippen LogP contribution in [0.3, 0.4) is 0 Å². The van der Waals surface area contributed by atoms with Crippen molar-refractivity contribution in [1.82, 2.24) is 0 Å². The van der Waals surface area contributed by atoms with Crippen molar-refractivity contribution in [2.24, 2.45) is 0 Å². The third-order valence-corrected chi connectivity index (χ3v) is 5.80. The summed E-state index contributed by atoms with van der Waals surface area (Å²) >= 11 is 0. The Balaban J connectivity index is 0. The number of carbonyl (C=O) groups is 1. The molecule has 0 aromatic heterocycles. The maximum atomic E-state index is 11.5. The van der Waals surface area contributed by atoms with Crippen molar-refractivity contribution in [3.05, 3.63) is 24.4 Å². The van der Waals surface area contributed by atoms with Crippen LogP contribution in [0.25, 0.3) is 0 Å². The Kier molecular flexibility index (Phi) is 14.4. The normalized spacial score (nSPS) is 12.5. The minimum Gasteiger partial charge on any atom is -0.457 e. The average molecular weight is 316 g/mol. The molecule has 0 aliphatic heterocycles. The minimum atomic E-state index is -2.45. The lowest BCUT2D eigenvalue weighted by Crippen LogP contribution is -2.52. The molecule has 0 aromatic carbocycles. The van der Waals surface area contributed by atoms with Crippen LogP contribution in [0.1, 0.15) is 34.1 Å². The van der Waals surface area contributed by atoms with Gasteiger partial charge in [-0.2, -0.15) is 0 Å². The van der Waals surface area contributed by atoms with Gasteiger partial charge in [-0.25, -0.2) is 4.79 Å². The van der Waals surface area contributed by atoms with Gasteiger partial charge in [0.15, 0.2) is 0 Å². The van der Waals surface area contributed by atoms with E-state index in [9.17, 15) is 4.79 Å². The van der Waals surface area contributed by atoms with Crippen LogP contribution >= 0.6 is 0 Å². The van der Waals surface area contributed by atoms with E-state index in [0.717, 1.165) is 0 Å². The van der Waals surface area contributed by atoms with Crippen LogP contribution in [-0.4, -0.2) is 43.7 Å². The minimum absolute atomic E-state index is 0.272. The predicted octanol–water partition coefficient (Wildman–Crippen LogP) is 2.87. The molecule has 1 unspecified atom stereocenters. The molecule has 0 aliphatic rings. The number of allylic oxidation sites excluding steroid dienone is 1. The van der Waals surface area contributed by atoms with Crippen molar-refractivity contribution in [3.63, 3.8) is 0 Å². The number of rotatable bonds is 8. The third-order valence-electron chi connectivity index (χ3n) is 2.38. The molecular formula is C14H27O4Si2. The molecular weight excluding hydrogens is 288 g/mol. The van der Waals surface area contributed by atoms with Crippen LogP contribution in [0, 0.1) is 0 Å².